The zero-order valence-corrected chi connectivity index (χ0v) is 12.0. The van der Waals surface area contributed by atoms with Gasteiger partial charge in [0.2, 0.25) is 5.65 Å². The number of anilines is 1. The Morgan fingerprint density at radius 1 is 1.25 bits per heavy atom. The van der Waals surface area contributed by atoms with Crippen molar-refractivity contribution in [1.29, 1.82) is 0 Å². The van der Waals surface area contributed by atoms with Crippen molar-refractivity contribution >= 4 is 23.1 Å². The molecule has 1 N–H and O–H groups in total. The highest BCUT2D eigenvalue weighted by molar-refractivity contribution is 6.31. The minimum Gasteiger partial charge on any atom is -0.363 e. The van der Waals surface area contributed by atoms with Crippen LogP contribution in [0.25, 0.3) is 5.65 Å². The molecule has 0 bridgehead atoms. The maximum Gasteiger partial charge on any atom is 0.203 e. The summed E-state index contributed by atoms with van der Waals surface area (Å²) in [6, 6.07) is 6.01. The number of hydrogen-bond donors (Lipinski definition) is 1. The van der Waals surface area contributed by atoms with Gasteiger partial charge in [-0.2, -0.15) is 0 Å². The van der Waals surface area contributed by atoms with Crippen LogP contribution >= 0.6 is 11.6 Å². The fraction of sp³-hybridized carbons (Fsp3) is 0.214. The van der Waals surface area contributed by atoms with Crippen LogP contribution < -0.4 is 5.32 Å². The lowest BCUT2D eigenvalue weighted by atomic mass is 10.1. The molecule has 6 heteroatoms. The van der Waals surface area contributed by atoms with Gasteiger partial charge < -0.3 is 5.32 Å². The zero-order valence-electron chi connectivity index (χ0n) is 11.3. The van der Waals surface area contributed by atoms with Gasteiger partial charge in [0.25, 0.3) is 0 Å². The molecule has 3 rings (SSSR count). The van der Waals surface area contributed by atoms with Gasteiger partial charge in [-0.3, -0.25) is 4.40 Å². The van der Waals surface area contributed by atoms with Crippen LogP contribution in [0, 0.1) is 13.8 Å². The summed E-state index contributed by atoms with van der Waals surface area (Å²) in [6.45, 7) is 4.53. The lowest BCUT2D eigenvalue weighted by Crippen LogP contribution is -2.04. The maximum atomic E-state index is 6.12. The van der Waals surface area contributed by atoms with E-state index in [4.69, 9.17) is 11.6 Å². The van der Waals surface area contributed by atoms with Gasteiger partial charge in [-0.15, -0.1) is 10.2 Å². The molecule has 20 heavy (non-hydrogen) atoms. The van der Waals surface area contributed by atoms with Crippen LogP contribution in [-0.2, 0) is 6.54 Å². The van der Waals surface area contributed by atoms with E-state index in [9.17, 15) is 0 Å². The predicted molar refractivity (Wildman–Crippen MR) is 79.0 cm³/mol. The summed E-state index contributed by atoms with van der Waals surface area (Å²) < 4.78 is 1.90. The normalized spacial score (nSPS) is 10.9. The standard InChI is InChI=1S/C14H14ClN5/c1-9-3-4-11(7-12(9)15)8-17-13-14-19-18-10(2)20(14)6-5-16-13/h3-7H,8H2,1-2H3,(H,16,17). The highest BCUT2D eigenvalue weighted by Crippen LogP contribution is 2.18. The number of nitrogens with zero attached hydrogens (tertiary/aromatic N) is 4. The minimum atomic E-state index is 0.637. The molecule has 0 unspecified atom stereocenters. The third-order valence-electron chi connectivity index (χ3n) is 3.19. The highest BCUT2D eigenvalue weighted by atomic mass is 35.5. The van der Waals surface area contributed by atoms with E-state index in [1.165, 1.54) is 0 Å². The van der Waals surface area contributed by atoms with Crippen molar-refractivity contribution in [3.8, 4) is 0 Å². The Labute approximate surface area is 121 Å². The molecule has 0 aliphatic rings. The van der Waals surface area contributed by atoms with Gasteiger partial charge in [-0.25, -0.2) is 4.98 Å². The summed E-state index contributed by atoms with van der Waals surface area (Å²) in [7, 11) is 0. The summed E-state index contributed by atoms with van der Waals surface area (Å²) in [5.74, 6) is 1.55. The largest absolute Gasteiger partial charge is 0.363 e. The van der Waals surface area contributed by atoms with Crippen LogP contribution in [0.4, 0.5) is 5.82 Å². The Balaban J connectivity index is 1.85. The first-order chi connectivity index (χ1) is 9.65. The molecule has 0 saturated carbocycles. The second-order valence-electron chi connectivity index (χ2n) is 4.65. The SMILES string of the molecule is Cc1ccc(CNc2nccn3c(C)nnc23)cc1Cl. The molecule has 0 spiro atoms. The summed E-state index contributed by atoms with van der Waals surface area (Å²) in [5.41, 5.74) is 2.90. The fourth-order valence-corrected chi connectivity index (χ4v) is 2.20. The third kappa shape index (κ3) is 2.32. The predicted octanol–water partition coefficient (Wildman–Crippen LogP) is 3.01. The topological polar surface area (TPSA) is 55.1 Å². The summed E-state index contributed by atoms with van der Waals surface area (Å²) in [6.07, 6.45) is 3.58. The van der Waals surface area contributed by atoms with Gasteiger partial charge in [-0.1, -0.05) is 23.7 Å². The van der Waals surface area contributed by atoms with Crippen molar-refractivity contribution in [2.75, 3.05) is 5.32 Å². The first-order valence-corrected chi connectivity index (χ1v) is 6.68. The molecule has 0 fully saturated rings. The summed E-state index contributed by atoms with van der Waals surface area (Å²) >= 11 is 6.12. The first-order valence-electron chi connectivity index (χ1n) is 6.30. The number of halogens is 1. The molecular formula is C14H14ClN5. The Morgan fingerprint density at radius 2 is 2.10 bits per heavy atom. The molecule has 0 saturated heterocycles. The fourth-order valence-electron chi connectivity index (χ4n) is 2.00. The van der Waals surface area contributed by atoms with Gasteiger partial charge in [0.05, 0.1) is 0 Å². The average Bonchev–Trinajstić information content (AvgIpc) is 2.83. The Hall–Kier alpha value is -2.14. The van der Waals surface area contributed by atoms with Gasteiger partial charge in [0.1, 0.15) is 5.82 Å². The van der Waals surface area contributed by atoms with Gasteiger partial charge >= 0.3 is 0 Å². The van der Waals surface area contributed by atoms with Gasteiger partial charge in [-0.05, 0) is 31.0 Å². The number of fused-ring (bicyclic) bond motifs is 1. The Kier molecular flexibility index (Phi) is 3.28. The number of benzene rings is 1. The summed E-state index contributed by atoms with van der Waals surface area (Å²) in [4.78, 5) is 4.31. The van der Waals surface area contributed by atoms with Gasteiger partial charge in [0, 0.05) is 24.0 Å². The van der Waals surface area contributed by atoms with E-state index in [-0.39, 0.29) is 0 Å². The number of aromatic nitrogens is 4. The molecule has 0 aliphatic heterocycles. The van der Waals surface area contributed by atoms with E-state index in [0.29, 0.717) is 12.4 Å². The molecule has 0 radical (unpaired) electrons. The maximum absolute atomic E-state index is 6.12. The van der Waals surface area contributed by atoms with Crippen molar-refractivity contribution in [3.63, 3.8) is 0 Å². The van der Waals surface area contributed by atoms with Crippen molar-refractivity contribution in [1.82, 2.24) is 19.6 Å². The van der Waals surface area contributed by atoms with Crippen LogP contribution in [0.3, 0.4) is 0 Å². The van der Waals surface area contributed by atoms with E-state index >= 15 is 0 Å². The molecular weight excluding hydrogens is 274 g/mol. The first kappa shape index (κ1) is 12.9. The van der Waals surface area contributed by atoms with E-state index in [2.05, 4.69) is 20.5 Å². The number of aryl methyl sites for hydroxylation is 2. The van der Waals surface area contributed by atoms with Crippen LogP contribution in [0.15, 0.2) is 30.6 Å². The van der Waals surface area contributed by atoms with Crippen molar-refractivity contribution in [2.24, 2.45) is 0 Å². The molecule has 0 amide bonds. The monoisotopic (exact) mass is 287 g/mol. The molecule has 102 valence electrons. The van der Waals surface area contributed by atoms with E-state index in [0.717, 1.165) is 27.6 Å². The quantitative estimate of drug-likeness (QED) is 0.804. The molecule has 0 atom stereocenters. The number of nitrogens with one attached hydrogen (secondary N) is 1. The number of hydrogen-bond acceptors (Lipinski definition) is 4. The average molecular weight is 288 g/mol. The molecule has 0 aliphatic carbocycles. The Bertz CT molecular complexity index is 765. The molecule has 3 aromatic rings. The molecule has 5 nitrogen and oxygen atoms in total. The van der Waals surface area contributed by atoms with Crippen LogP contribution in [0.2, 0.25) is 5.02 Å². The number of rotatable bonds is 3. The lowest BCUT2D eigenvalue weighted by molar-refractivity contribution is 1.000. The summed E-state index contributed by atoms with van der Waals surface area (Å²) in [5, 5.41) is 12.2. The molecule has 2 heterocycles. The Morgan fingerprint density at radius 3 is 2.90 bits per heavy atom. The van der Waals surface area contributed by atoms with E-state index in [1.807, 2.05) is 42.6 Å². The van der Waals surface area contributed by atoms with Crippen LogP contribution in [-0.4, -0.2) is 19.6 Å². The molecule has 1 aromatic carbocycles. The van der Waals surface area contributed by atoms with Crippen molar-refractivity contribution in [3.05, 3.63) is 52.6 Å². The second-order valence-corrected chi connectivity index (χ2v) is 5.06. The second kappa shape index (κ2) is 5.09. The third-order valence-corrected chi connectivity index (χ3v) is 3.60. The minimum absolute atomic E-state index is 0.637. The van der Waals surface area contributed by atoms with Crippen molar-refractivity contribution < 1.29 is 0 Å². The smallest absolute Gasteiger partial charge is 0.203 e. The van der Waals surface area contributed by atoms with E-state index < -0.39 is 0 Å². The van der Waals surface area contributed by atoms with Gasteiger partial charge in [0.15, 0.2) is 5.82 Å². The van der Waals surface area contributed by atoms with Crippen LogP contribution in [0.1, 0.15) is 17.0 Å². The zero-order chi connectivity index (χ0) is 14.1. The van der Waals surface area contributed by atoms with Crippen LogP contribution in [0.5, 0.6) is 0 Å². The van der Waals surface area contributed by atoms with E-state index in [1.54, 1.807) is 6.20 Å². The highest BCUT2D eigenvalue weighted by Gasteiger charge is 2.07. The van der Waals surface area contributed by atoms with Crippen molar-refractivity contribution in [2.45, 2.75) is 20.4 Å². The lowest BCUT2D eigenvalue weighted by Gasteiger charge is -2.07. The molecule has 2 aromatic heterocycles.